The molecule has 0 bridgehead atoms. The maximum absolute atomic E-state index is 13.3. The van der Waals surface area contributed by atoms with Crippen molar-refractivity contribution in [2.75, 3.05) is 13.1 Å². The molecule has 1 heterocycles. The third kappa shape index (κ3) is 8.61. The molecule has 194 valence electrons. The Morgan fingerprint density at radius 1 is 1.11 bits per heavy atom. The van der Waals surface area contributed by atoms with Crippen molar-refractivity contribution < 1.29 is 26.9 Å². The molecule has 1 saturated heterocycles. The Balaban J connectivity index is 1.57. The predicted molar refractivity (Wildman–Crippen MR) is 136 cm³/mol. The molecule has 1 unspecified atom stereocenters. The van der Waals surface area contributed by atoms with E-state index in [1.54, 1.807) is 17.0 Å². The maximum atomic E-state index is 13.3. The van der Waals surface area contributed by atoms with Gasteiger partial charge in [-0.05, 0) is 75.6 Å². The van der Waals surface area contributed by atoms with E-state index in [0.29, 0.717) is 19.4 Å². The van der Waals surface area contributed by atoms with Crippen LogP contribution in [0.5, 0.6) is 0 Å². The second-order valence-electron chi connectivity index (χ2n) is 9.13. The first-order valence-corrected chi connectivity index (χ1v) is 14.5. The quantitative estimate of drug-likeness (QED) is 0.217. The SMILES string of the molecule is C=CCCCCCC(NC(=O)OC1CCCC1)C(=O)N1CC[C@H](OS(=O)(=O)c2ccc(Br)cc2)C1. The number of alkyl carbamates (subject to hydrolysis) is 1. The van der Waals surface area contributed by atoms with E-state index in [2.05, 4.69) is 27.8 Å². The van der Waals surface area contributed by atoms with E-state index in [1.807, 2.05) is 6.08 Å². The topological polar surface area (TPSA) is 102 Å². The largest absolute Gasteiger partial charge is 0.446 e. The lowest BCUT2D eigenvalue weighted by atomic mass is 10.1. The molecule has 0 aromatic heterocycles. The number of carbonyl (C=O) groups excluding carboxylic acids is 2. The van der Waals surface area contributed by atoms with Gasteiger partial charge in [-0.25, -0.2) is 4.79 Å². The van der Waals surface area contributed by atoms with Gasteiger partial charge in [-0.3, -0.25) is 8.98 Å². The average Bonchev–Trinajstić information content (AvgIpc) is 3.50. The molecule has 1 aliphatic heterocycles. The van der Waals surface area contributed by atoms with Crippen LogP contribution in [0.2, 0.25) is 0 Å². The summed E-state index contributed by atoms with van der Waals surface area (Å²) in [5.41, 5.74) is 0. The molecular formula is C25H35BrN2O6S. The molecule has 0 radical (unpaired) electrons. The summed E-state index contributed by atoms with van der Waals surface area (Å²) in [5, 5.41) is 2.77. The number of ether oxygens (including phenoxy) is 1. The Bertz CT molecular complexity index is 963. The zero-order valence-electron chi connectivity index (χ0n) is 20.0. The first-order chi connectivity index (χ1) is 16.8. The fourth-order valence-corrected chi connectivity index (χ4v) is 5.83. The highest BCUT2D eigenvalue weighted by atomic mass is 79.9. The van der Waals surface area contributed by atoms with Crippen LogP contribution in [0.25, 0.3) is 0 Å². The van der Waals surface area contributed by atoms with E-state index >= 15 is 0 Å². The van der Waals surface area contributed by atoms with Gasteiger partial charge in [0.05, 0.1) is 11.0 Å². The van der Waals surface area contributed by atoms with Gasteiger partial charge in [0.15, 0.2) is 0 Å². The summed E-state index contributed by atoms with van der Waals surface area (Å²) < 4.78 is 36.9. The highest BCUT2D eigenvalue weighted by Gasteiger charge is 2.35. The number of nitrogens with zero attached hydrogens (tertiary/aromatic N) is 1. The Morgan fingerprint density at radius 2 is 1.83 bits per heavy atom. The van der Waals surface area contributed by atoms with E-state index in [4.69, 9.17) is 8.92 Å². The highest BCUT2D eigenvalue weighted by Crippen LogP contribution is 2.24. The van der Waals surface area contributed by atoms with Crippen LogP contribution in [0, 0.1) is 0 Å². The number of rotatable bonds is 12. The molecule has 35 heavy (non-hydrogen) atoms. The summed E-state index contributed by atoms with van der Waals surface area (Å²) in [6, 6.07) is 5.50. The Hall–Kier alpha value is -1.91. The molecule has 0 spiro atoms. The standard InChI is InChI=1S/C25H35BrN2O6S/c1-2-3-4-5-6-11-23(27-25(30)33-20-9-7-8-10-20)24(29)28-17-16-21(18-28)34-35(31,32)22-14-12-19(26)13-15-22/h2,12-15,20-21,23H,1,3-11,16-18H2,(H,27,30)/t21-,23?/m0/s1. The Morgan fingerprint density at radius 3 is 2.51 bits per heavy atom. The summed E-state index contributed by atoms with van der Waals surface area (Å²) in [7, 11) is -3.94. The third-order valence-electron chi connectivity index (χ3n) is 6.39. The maximum Gasteiger partial charge on any atom is 0.408 e. The minimum Gasteiger partial charge on any atom is -0.446 e. The molecule has 2 fully saturated rings. The molecule has 2 amide bonds. The smallest absolute Gasteiger partial charge is 0.408 e. The molecule has 3 rings (SSSR count). The number of unbranched alkanes of at least 4 members (excludes halogenated alkanes) is 3. The minimum atomic E-state index is -3.94. The molecule has 1 saturated carbocycles. The van der Waals surface area contributed by atoms with Crippen LogP contribution in [0.3, 0.4) is 0 Å². The van der Waals surface area contributed by atoms with Gasteiger partial charge in [-0.15, -0.1) is 6.58 Å². The number of benzene rings is 1. The van der Waals surface area contributed by atoms with Crippen molar-refractivity contribution in [1.29, 1.82) is 0 Å². The first kappa shape index (κ1) is 27.7. The fourth-order valence-electron chi connectivity index (χ4n) is 4.47. The minimum absolute atomic E-state index is 0.0687. The number of hydrogen-bond donors (Lipinski definition) is 1. The van der Waals surface area contributed by atoms with E-state index in [1.165, 1.54) is 12.1 Å². The number of allylic oxidation sites excluding steroid dienone is 1. The average molecular weight is 572 g/mol. The van der Waals surface area contributed by atoms with Crippen molar-refractivity contribution in [1.82, 2.24) is 10.2 Å². The van der Waals surface area contributed by atoms with Crippen LogP contribution in [0.1, 0.15) is 64.2 Å². The summed E-state index contributed by atoms with van der Waals surface area (Å²) in [6.07, 6.45) is 8.86. The second kappa shape index (κ2) is 13.4. The summed E-state index contributed by atoms with van der Waals surface area (Å²) >= 11 is 3.29. The third-order valence-corrected chi connectivity index (χ3v) is 8.29. The second-order valence-corrected chi connectivity index (χ2v) is 11.6. The van der Waals surface area contributed by atoms with Gasteiger partial charge >= 0.3 is 6.09 Å². The van der Waals surface area contributed by atoms with Crippen molar-refractivity contribution in [2.45, 2.75) is 87.4 Å². The molecule has 1 aliphatic carbocycles. The molecule has 10 heteroatoms. The highest BCUT2D eigenvalue weighted by molar-refractivity contribution is 9.10. The number of hydrogen-bond acceptors (Lipinski definition) is 6. The fraction of sp³-hybridized carbons (Fsp3) is 0.600. The zero-order valence-corrected chi connectivity index (χ0v) is 22.4. The van der Waals surface area contributed by atoms with E-state index in [0.717, 1.165) is 55.8 Å². The summed E-state index contributed by atoms with van der Waals surface area (Å²) in [5.74, 6) is -0.232. The lowest BCUT2D eigenvalue weighted by molar-refractivity contribution is -0.132. The molecule has 2 atom stereocenters. The number of carbonyl (C=O) groups is 2. The summed E-state index contributed by atoms with van der Waals surface area (Å²) in [4.78, 5) is 27.4. The summed E-state index contributed by atoms with van der Waals surface area (Å²) in [6.45, 7) is 4.25. The molecular weight excluding hydrogens is 536 g/mol. The van der Waals surface area contributed by atoms with Gasteiger partial charge in [0.2, 0.25) is 5.91 Å². The van der Waals surface area contributed by atoms with E-state index in [-0.39, 0.29) is 23.5 Å². The van der Waals surface area contributed by atoms with Crippen LogP contribution in [-0.4, -0.2) is 56.7 Å². The number of nitrogens with one attached hydrogen (secondary N) is 1. The van der Waals surface area contributed by atoms with Gasteiger partial charge in [-0.1, -0.05) is 34.8 Å². The van der Waals surface area contributed by atoms with Crippen LogP contribution in [-0.2, 0) is 23.8 Å². The van der Waals surface area contributed by atoms with Crippen molar-refractivity contribution in [3.63, 3.8) is 0 Å². The lowest BCUT2D eigenvalue weighted by Crippen LogP contribution is -2.48. The van der Waals surface area contributed by atoms with Gasteiger partial charge in [0.25, 0.3) is 10.1 Å². The Kier molecular flexibility index (Phi) is 10.6. The van der Waals surface area contributed by atoms with Gasteiger partial charge in [0.1, 0.15) is 12.1 Å². The van der Waals surface area contributed by atoms with E-state index < -0.39 is 28.4 Å². The predicted octanol–water partition coefficient (Wildman–Crippen LogP) is 4.93. The van der Waals surface area contributed by atoms with Crippen molar-refractivity contribution in [3.05, 3.63) is 41.4 Å². The molecule has 1 aromatic carbocycles. The van der Waals surface area contributed by atoms with Gasteiger partial charge in [0, 0.05) is 17.6 Å². The zero-order chi connectivity index (χ0) is 25.3. The molecule has 8 nitrogen and oxygen atoms in total. The number of halogens is 1. The van der Waals surface area contributed by atoms with Crippen molar-refractivity contribution in [3.8, 4) is 0 Å². The number of amides is 2. The monoisotopic (exact) mass is 570 g/mol. The molecule has 1 N–H and O–H groups in total. The van der Waals surface area contributed by atoms with Gasteiger partial charge < -0.3 is 15.0 Å². The normalized spacial score (nSPS) is 19.5. The Labute approximate surface area is 216 Å². The van der Waals surface area contributed by atoms with Crippen molar-refractivity contribution in [2.24, 2.45) is 0 Å². The number of likely N-dealkylation sites (tertiary alicyclic amines) is 1. The first-order valence-electron chi connectivity index (χ1n) is 12.3. The van der Waals surface area contributed by atoms with Crippen LogP contribution >= 0.6 is 15.9 Å². The lowest BCUT2D eigenvalue weighted by Gasteiger charge is -2.25. The molecule has 2 aliphatic rings. The molecule has 1 aromatic rings. The van der Waals surface area contributed by atoms with Crippen molar-refractivity contribution >= 4 is 38.0 Å². The van der Waals surface area contributed by atoms with Gasteiger partial charge in [-0.2, -0.15) is 8.42 Å². The van der Waals surface area contributed by atoms with Crippen LogP contribution < -0.4 is 5.32 Å². The van der Waals surface area contributed by atoms with E-state index in [9.17, 15) is 18.0 Å². The van der Waals surface area contributed by atoms with Crippen LogP contribution in [0.15, 0.2) is 46.3 Å². The van der Waals surface area contributed by atoms with Crippen LogP contribution in [0.4, 0.5) is 4.79 Å².